The zero-order chi connectivity index (χ0) is 26.0. The van der Waals surface area contributed by atoms with Crippen LogP contribution in [0.15, 0.2) is 6.07 Å². The van der Waals surface area contributed by atoms with Crippen LogP contribution in [0.1, 0.15) is 61.5 Å². The number of anilines is 3. The van der Waals surface area contributed by atoms with Gasteiger partial charge in [-0.3, -0.25) is 0 Å². The van der Waals surface area contributed by atoms with Crippen molar-refractivity contribution in [3.63, 3.8) is 0 Å². The van der Waals surface area contributed by atoms with Crippen LogP contribution in [-0.4, -0.2) is 78.0 Å². The molecular formula is C27H37N7O2S. The Balaban J connectivity index is 1.29. The molecule has 2 saturated heterocycles. The number of aryl methyl sites for hydroxylation is 1. The van der Waals surface area contributed by atoms with Crippen LogP contribution in [0, 0.1) is 11.3 Å². The van der Waals surface area contributed by atoms with E-state index in [2.05, 4.69) is 34.9 Å². The SMILES string of the molecule is CN(C)C1(COc2nc(N3CC4(CCCc5sc(N)c(C#N)c54)C3)cc(N3CCC[C@@](C)(O)C3)n2)CC1. The Bertz CT molecular complexity index is 1240. The molecule has 37 heavy (non-hydrogen) atoms. The molecule has 2 aliphatic carbocycles. The van der Waals surface area contributed by atoms with Gasteiger partial charge in [0, 0.05) is 42.5 Å². The maximum absolute atomic E-state index is 10.7. The van der Waals surface area contributed by atoms with Gasteiger partial charge in [-0.1, -0.05) is 0 Å². The van der Waals surface area contributed by atoms with Gasteiger partial charge in [0.2, 0.25) is 0 Å². The molecule has 1 atom stereocenters. The van der Waals surface area contributed by atoms with Crippen LogP contribution in [0.5, 0.6) is 6.01 Å². The smallest absolute Gasteiger partial charge is 0.320 e. The third-order valence-corrected chi connectivity index (χ3v) is 10.0. The Morgan fingerprint density at radius 3 is 2.51 bits per heavy atom. The van der Waals surface area contributed by atoms with Crippen molar-refractivity contribution in [2.75, 3.05) is 62.4 Å². The number of β-amino-alcohol motifs (C(OH)–C–C–N with tert-alkyl or cyclic N) is 1. The molecule has 4 heterocycles. The highest BCUT2D eigenvalue weighted by atomic mass is 32.1. The number of hydrogen-bond donors (Lipinski definition) is 2. The van der Waals surface area contributed by atoms with Gasteiger partial charge in [-0.15, -0.1) is 11.3 Å². The Hall–Kier alpha value is -2.61. The monoisotopic (exact) mass is 523 g/mol. The van der Waals surface area contributed by atoms with Gasteiger partial charge in [-0.05, 0) is 71.5 Å². The number of nitriles is 1. The van der Waals surface area contributed by atoms with Crippen LogP contribution >= 0.6 is 11.3 Å². The van der Waals surface area contributed by atoms with E-state index in [1.807, 2.05) is 13.0 Å². The van der Waals surface area contributed by atoms with Crippen molar-refractivity contribution >= 4 is 28.0 Å². The second-order valence-electron chi connectivity index (χ2n) is 12.0. The number of nitrogen functional groups attached to an aromatic ring is 1. The summed E-state index contributed by atoms with van der Waals surface area (Å²) >= 11 is 1.59. The molecule has 198 valence electrons. The molecule has 1 spiro atoms. The molecule has 0 unspecified atom stereocenters. The van der Waals surface area contributed by atoms with Gasteiger partial charge in [0.05, 0.1) is 16.7 Å². The first-order chi connectivity index (χ1) is 17.6. The van der Waals surface area contributed by atoms with Gasteiger partial charge in [-0.2, -0.15) is 15.2 Å². The van der Waals surface area contributed by atoms with E-state index in [4.69, 9.17) is 20.4 Å². The molecular weight excluding hydrogens is 486 g/mol. The average Bonchev–Trinajstić information content (AvgIpc) is 3.56. The molecule has 9 nitrogen and oxygen atoms in total. The summed E-state index contributed by atoms with van der Waals surface area (Å²) in [6.45, 7) is 5.46. The number of fused-ring (bicyclic) bond motifs is 2. The lowest BCUT2D eigenvalue weighted by molar-refractivity contribution is 0.0446. The van der Waals surface area contributed by atoms with E-state index in [-0.39, 0.29) is 11.0 Å². The van der Waals surface area contributed by atoms with Crippen LogP contribution in [0.25, 0.3) is 0 Å². The summed E-state index contributed by atoms with van der Waals surface area (Å²) in [6, 6.07) is 4.82. The Morgan fingerprint density at radius 2 is 1.86 bits per heavy atom. The van der Waals surface area contributed by atoms with E-state index in [0.717, 1.165) is 76.2 Å². The van der Waals surface area contributed by atoms with Crippen molar-refractivity contribution in [3.8, 4) is 12.1 Å². The second-order valence-corrected chi connectivity index (χ2v) is 13.2. The minimum absolute atomic E-state index is 0.0450. The summed E-state index contributed by atoms with van der Waals surface area (Å²) in [6.07, 6.45) is 7.11. The van der Waals surface area contributed by atoms with Gasteiger partial charge in [-0.25, -0.2) is 0 Å². The molecule has 3 N–H and O–H groups in total. The summed E-state index contributed by atoms with van der Waals surface area (Å²) < 4.78 is 6.23. The zero-order valence-corrected chi connectivity index (χ0v) is 22.9. The largest absolute Gasteiger partial charge is 0.461 e. The van der Waals surface area contributed by atoms with E-state index in [1.54, 1.807) is 11.3 Å². The molecule has 4 aliphatic rings. The third-order valence-electron chi connectivity index (χ3n) is 8.94. The molecule has 0 bridgehead atoms. The number of ether oxygens (including phenoxy) is 1. The fourth-order valence-corrected chi connectivity index (χ4v) is 7.67. The van der Waals surface area contributed by atoms with Crippen LogP contribution in [0.2, 0.25) is 0 Å². The Morgan fingerprint density at radius 1 is 1.14 bits per heavy atom. The van der Waals surface area contributed by atoms with Gasteiger partial charge in [0.25, 0.3) is 0 Å². The van der Waals surface area contributed by atoms with Gasteiger partial charge in [0.15, 0.2) is 0 Å². The van der Waals surface area contributed by atoms with Crippen molar-refractivity contribution < 1.29 is 9.84 Å². The molecule has 3 fully saturated rings. The molecule has 2 aromatic heterocycles. The predicted octanol–water partition coefficient (Wildman–Crippen LogP) is 2.91. The van der Waals surface area contributed by atoms with Crippen LogP contribution in [0.3, 0.4) is 0 Å². The average molecular weight is 524 g/mol. The number of nitrogens with two attached hydrogens (primary N) is 1. The minimum atomic E-state index is -0.737. The summed E-state index contributed by atoms with van der Waals surface area (Å²) in [7, 11) is 4.19. The number of aliphatic hydroxyl groups is 1. The van der Waals surface area contributed by atoms with E-state index in [1.165, 1.54) is 10.4 Å². The fourth-order valence-electron chi connectivity index (χ4n) is 6.49. The van der Waals surface area contributed by atoms with Crippen LogP contribution in [0.4, 0.5) is 16.6 Å². The maximum atomic E-state index is 10.7. The summed E-state index contributed by atoms with van der Waals surface area (Å²) in [4.78, 5) is 17.6. The van der Waals surface area contributed by atoms with Gasteiger partial charge >= 0.3 is 6.01 Å². The number of nitrogens with zero attached hydrogens (tertiary/aromatic N) is 6. The number of rotatable bonds is 6. The lowest BCUT2D eigenvalue weighted by atomic mass is 9.66. The standard InChI is InChI=1S/C27H37N7O2S/c1-25(35)7-5-11-33(14-25)20-12-21(31-24(30-20)36-17-27(9-10-27)32(2)3)34-15-26(16-34)8-4-6-19-22(26)18(13-28)23(29)37-19/h12,35H,4-11,14-17,29H2,1-3H3/t25-/m1/s1. The third kappa shape index (κ3) is 4.31. The maximum Gasteiger partial charge on any atom is 0.320 e. The number of piperidine rings is 1. The van der Waals surface area contributed by atoms with Crippen molar-refractivity contribution in [3.05, 3.63) is 22.1 Å². The molecule has 0 amide bonds. The van der Waals surface area contributed by atoms with E-state index in [0.29, 0.717) is 29.7 Å². The van der Waals surface area contributed by atoms with E-state index >= 15 is 0 Å². The lowest BCUT2D eigenvalue weighted by Gasteiger charge is -2.53. The molecule has 0 aromatic carbocycles. The zero-order valence-electron chi connectivity index (χ0n) is 22.1. The van der Waals surface area contributed by atoms with Crippen molar-refractivity contribution in [1.82, 2.24) is 14.9 Å². The van der Waals surface area contributed by atoms with Gasteiger partial charge < -0.3 is 30.3 Å². The first kappa shape index (κ1) is 24.7. The summed E-state index contributed by atoms with van der Waals surface area (Å²) in [5.41, 5.74) is 7.38. The highest BCUT2D eigenvalue weighted by Crippen LogP contribution is 2.51. The molecule has 10 heteroatoms. The molecule has 2 aliphatic heterocycles. The number of likely N-dealkylation sites (N-methyl/N-ethyl adjacent to an activating group) is 1. The highest BCUT2D eigenvalue weighted by Gasteiger charge is 2.50. The van der Waals surface area contributed by atoms with Gasteiger partial charge in [0.1, 0.15) is 29.3 Å². The number of thiophene rings is 1. The quantitative estimate of drug-likeness (QED) is 0.590. The summed E-state index contributed by atoms with van der Waals surface area (Å²) in [5, 5.41) is 21.2. The first-order valence-electron chi connectivity index (χ1n) is 13.4. The van der Waals surface area contributed by atoms with E-state index in [9.17, 15) is 10.4 Å². The molecule has 2 aromatic rings. The summed E-state index contributed by atoms with van der Waals surface area (Å²) in [5.74, 6) is 1.65. The lowest BCUT2D eigenvalue weighted by Crippen LogP contribution is -2.61. The van der Waals surface area contributed by atoms with Crippen molar-refractivity contribution in [2.45, 2.75) is 68.4 Å². The number of aromatic nitrogens is 2. The molecule has 1 saturated carbocycles. The first-order valence-corrected chi connectivity index (χ1v) is 14.2. The molecule has 0 radical (unpaired) electrons. The fraction of sp³-hybridized carbons (Fsp3) is 0.667. The second kappa shape index (κ2) is 8.72. The number of hydrogen-bond acceptors (Lipinski definition) is 10. The Kier molecular flexibility index (Phi) is 5.82. The topological polar surface area (TPSA) is 115 Å². The van der Waals surface area contributed by atoms with Crippen molar-refractivity contribution in [1.29, 1.82) is 5.26 Å². The van der Waals surface area contributed by atoms with Crippen LogP contribution < -0.4 is 20.3 Å². The normalized spacial score (nSPS) is 25.5. The van der Waals surface area contributed by atoms with E-state index < -0.39 is 5.60 Å². The van der Waals surface area contributed by atoms with Crippen LogP contribution in [-0.2, 0) is 11.8 Å². The highest BCUT2D eigenvalue weighted by molar-refractivity contribution is 7.16. The Labute approximate surface area is 222 Å². The predicted molar refractivity (Wildman–Crippen MR) is 146 cm³/mol. The van der Waals surface area contributed by atoms with Crippen molar-refractivity contribution in [2.24, 2.45) is 0 Å². The minimum Gasteiger partial charge on any atom is -0.461 e. The molecule has 6 rings (SSSR count).